The molecule has 33 heavy (non-hydrogen) atoms. The van der Waals surface area contributed by atoms with Crippen molar-refractivity contribution in [3.05, 3.63) is 59.7 Å². The summed E-state index contributed by atoms with van der Waals surface area (Å²) in [6, 6.07) is 10.8. The fraction of sp³-hybridized carbons (Fsp3) is 0.333. The van der Waals surface area contributed by atoms with Crippen LogP contribution in [0.4, 0.5) is 20.6 Å². The number of anilines is 2. The average molecular weight is 454 g/mol. The van der Waals surface area contributed by atoms with E-state index in [1.54, 1.807) is 12.1 Å². The molecule has 6 N–H and O–H groups in total. The minimum absolute atomic E-state index is 0.202. The van der Waals surface area contributed by atoms with Crippen LogP contribution in [0.1, 0.15) is 25.3 Å². The van der Waals surface area contributed by atoms with E-state index in [0.717, 1.165) is 29.7 Å². The number of benzene rings is 2. The van der Waals surface area contributed by atoms with Crippen molar-refractivity contribution in [3.8, 4) is 11.1 Å². The molecule has 0 radical (unpaired) electrons. The van der Waals surface area contributed by atoms with Gasteiger partial charge in [-0.15, -0.1) is 0 Å². The van der Waals surface area contributed by atoms with Gasteiger partial charge in [-0.25, -0.2) is 9.18 Å². The van der Waals surface area contributed by atoms with Crippen molar-refractivity contribution >= 4 is 23.4 Å². The Morgan fingerprint density at radius 1 is 1.33 bits per heavy atom. The van der Waals surface area contributed by atoms with Gasteiger partial charge in [-0.2, -0.15) is 0 Å². The van der Waals surface area contributed by atoms with Gasteiger partial charge in [-0.05, 0) is 54.3 Å². The number of cyclic esters (lactones) is 1. The first-order chi connectivity index (χ1) is 15.8. The average Bonchev–Trinajstić information content (AvgIpc) is 3.17. The van der Waals surface area contributed by atoms with Crippen molar-refractivity contribution in [1.29, 1.82) is 0 Å². The zero-order valence-corrected chi connectivity index (χ0v) is 18.4. The summed E-state index contributed by atoms with van der Waals surface area (Å²) in [4.78, 5) is 24.7. The standard InChI is InChI=1S/C24H28FN5O3/c1-14(31)28-12-20-13-30(24(32)33-20)19-5-6-21(22(25)10-19)15-3-7-23-16(8-15)2-4-18(29-23)9-17(27)11-26/h3,5-8,10-11,18,20,29H,2,4,9,12-13,26-27H2,1H3,(H,28,31)/b17-11-/t18?,20-/m0/s1. The minimum Gasteiger partial charge on any atom is -0.442 e. The van der Waals surface area contributed by atoms with E-state index in [2.05, 4.69) is 10.6 Å². The molecule has 0 bridgehead atoms. The van der Waals surface area contributed by atoms with Crippen LogP contribution in [0, 0.1) is 5.82 Å². The van der Waals surface area contributed by atoms with Gasteiger partial charge >= 0.3 is 6.09 Å². The van der Waals surface area contributed by atoms with Crippen LogP contribution in [0.25, 0.3) is 11.1 Å². The lowest BCUT2D eigenvalue weighted by atomic mass is 9.92. The second-order valence-electron chi connectivity index (χ2n) is 8.42. The molecule has 1 fully saturated rings. The number of aryl methyl sites for hydroxylation is 1. The highest BCUT2D eigenvalue weighted by Crippen LogP contribution is 2.34. The number of nitrogens with one attached hydrogen (secondary N) is 2. The van der Waals surface area contributed by atoms with Crippen molar-refractivity contribution in [2.75, 3.05) is 23.3 Å². The Labute approximate surface area is 191 Å². The molecule has 2 aliphatic heterocycles. The topological polar surface area (TPSA) is 123 Å². The van der Waals surface area contributed by atoms with Crippen LogP contribution < -0.4 is 27.0 Å². The molecule has 2 aliphatic rings. The molecule has 1 unspecified atom stereocenters. The van der Waals surface area contributed by atoms with E-state index < -0.39 is 18.0 Å². The van der Waals surface area contributed by atoms with E-state index in [-0.39, 0.29) is 25.0 Å². The quantitative estimate of drug-likeness (QED) is 0.533. The smallest absolute Gasteiger partial charge is 0.414 e. The summed E-state index contributed by atoms with van der Waals surface area (Å²) in [5, 5.41) is 6.10. The molecule has 2 aromatic carbocycles. The maximum atomic E-state index is 15.1. The molecule has 2 aromatic rings. The second kappa shape index (κ2) is 9.40. The Hall–Kier alpha value is -3.75. The first-order valence-electron chi connectivity index (χ1n) is 10.9. The summed E-state index contributed by atoms with van der Waals surface area (Å²) in [6.45, 7) is 1.86. The number of rotatable bonds is 6. The SMILES string of the molecule is CC(=O)NC[C@H]1CN(c2ccc(-c3ccc4c(c3)CCC(C/C(N)=C/N)N4)c(F)c2)C(=O)O1. The van der Waals surface area contributed by atoms with E-state index in [4.69, 9.17) is 16.2 Å². The molecule has 2 atom stereocenters. The molecule has 9 heteroatoms. The number of carbonyl (C=O) groups excluding carboxylic acids is 2. The third-order valence-corrected chi connectivity index (χ3v) is 5.95. The van der Waals surface area contributed by atoms with Crippen molar-refractivity contribution in [2.24, 2.45) is 11.5 Å². The third-order valence-electron chi connectivity index (χ3n) is 5.95. The molecule has 0 aliphatic carbocycles. The summed E-state index contributed by atoms with van der Waals surface area (Å²) < 4.78 is 20.3. The molecule has 8 nitrogen and oxygen atoms in total. The van der Waals surface area contributed by atoms with Gasteiger partial charge < -0.3 is 26.8 Å². The van der Waals surface area contributed by atoms with Gasteiger partial charge in [0.25, 0.3) is 0 Å². The lowest BCUT2D eigenvalue weighted by Crippen LogP contribution is -2.33. The Morgan fingerprint density at radius 2 is 2.15 bits per heavy atom. The summed E-state index contributed by atoms with van der Waals surface area (Å²) >= 11 is 0. The van der Waals surface area contributed by atoms with Crippen LogP contribution in [-0.2, 0) is 16.0 Å². The molecule has 2 heterocycles. The zero-order valence-electron chi connectivity index (χ0n) is 18.4. The monoisotopic (exact) mass is 453 g/mol. The summed E-state index contributed by atoms with van der Waals surface area (Å²) in [6.07, 6.45) is 2.83. The number of ether oxygens (including phenoxy) is 1. The highest BCUT2D eigenvalue weighted by molar-refractivity contribution is 5.90. The number of amides is 2. The van der Waals surface area contributed by atoms with Gasteiger partial charge in [0, 0.05) is 42.5 Å². The first kappa shape index (κ1) is 22.4. The molecule has 4 rings (SSSR count). The maximum Gasteiger partial charge on any atom is 0.414 e. The van der Waals surface area contributed by atoms with Crippen LogP contribution in [0.15, 0.2) is 48.3 Å². The number of halogens is 1. The van der Waals surface area contributed by atoms with Crippen molar-refractivity contribution in [2.45, 2.75) is 38.3 Å². The van der Waals surface area contributed by atoms with E-state index >= 15 is 4.39 Å². The van der Waals surface area contributed by atoms with Crippen molar-refractivity contribution in [1.82, 2.24) is 5.32 Å². The number of nitrogens with zero attached hydrogens (tertiary/aromatic N) is 1. The number of fused-ring (bicyclic) bond motifs is 1. The molecule has 0 saturated carbocycles. The fourth-order valence-corrected chi connectivity index (χ4v) is 4.24. The van der Waals surface area contributed by atoms with Crippen molar-refractivity contribution < 1.29 is 18.7 Å². The predicted octanol–water partition coefficient (Wildman–Crippen LogP) is 2.83. The number of nitrogens with two attached hydrogens (primary N) is 2. The largest absolute Gasteiger partial charge is 0.442 e. The van der Waals surface area contributed by atoms with Gasteiger partial charge in [0.05, 0.1) is 18.8 Å². The van der Waals surface area contributed by atoms with Gasteiger partial charge in [0.2, 0.25) is 5.91 Å². The third kappa shape index (κ3) is 5.02. The van der Waals surface area contributed by atoms with Gasteiger partial charge in [0.15, 0.2) is 0 Å². The van der Waals surface area contributed by atoms with Gasteiger partial charge in [0.1, 0.15) is 11.9 Å². The summed E-state index contributed by atoms with van der Waals surface area (Å²) in [5.74, 6) is -0.625. The lowest BCUT2D eigenvalue weighted by Gasteiger charge is -2.27. The predicted molar refractivity (Wildman–Crippen MR) is 125 cm³/mol. The summed E-state index contributed by atoms with van der Waals surface area (Å²) in [5.41, 5.74) is 15.8. The van der Waals surface area contributed by atoms with Crippen molar-refractivity contribution in [3.63, 3.8) is 0 Å². The molecule has 0 aromatic heterocycles. The first-order valence-corrected chi connectivity index (χ1v) is 10.9. The number of hydrogen-bond donors (Lipinski definition) is 4. The maximum absolute atomic E-state index is 15.1. The molecular weight excluding hydrogens is 425 g/mol. The van der Waals surface area contributed by atoms with E-state index in [9.17, 15) is 9.59 Å². The Balaban J connectivity index is 1.48. The highest BCUT2D eigenvalue weighted by Gasteiger charge is 2.32. The Bertz CT molecular complexity index is 1100. The molecule has 2 amide bonds. The molecule has 1 saturated heterocycles. The minimum atomic E-state index is -0.558. The molecule has 0 spiro atoms. The lowest BCUT2D eigenvalue weighted by molar-refractivity contribution is -0.119. The van der Waals surface area contributed by atoms with E-state index in [1.807, 2.05) is 18.2 Å². The van der Waals surface area contributed by atoms with Gasteiger partial charge in [-0.3, -0.25) is 9.69 Å². The van der Waals surface area contributed by atoms with E-state index in [0.29, 0.717) is 23.4 Å². The summed E-state index contributed by atoms with van der Waals surface area (Å²) in [7, 11) is 0. The normalized spacial score (nSPS) is 20.1. The van der Waals surface area contributed by atoms with Crippen LogP contribution in [0.3, 0.4) is 0 Å². The Morgan fingerprint density at radius 3 is 2.88 bits per heavy atom. The second-order valence-corrected chi connectivity index (χ2v) is 8.42. The number of carbonyl (C=O) groups is 2. The fourth-order valence-electron chi connectivity index (χ4n) is 4.24. The molecular formula is C24H28FN5O3. The zero-order chi connectivity index (χ0) is 23.5. The van der Waals surface area contributed by atoms with E-state index in [1.165, 1.54) is 24.1 Å². The van der Waals surface area contributed by atoms with Crippen LogP contribution >= 0.6 is 0 Å². The Kier molecular flexibility index (Phi) is 6.39. The number of hydrogen-bond acceptors (Lipinski definition) is 6. The van der Waals surface area contributed by atoms with Crippen LogP contribution in [0.2, 0.25) is 0 Å². The highest BCUT2D eigenvalue weighted by atomic mass is 19.1. The van der Waals surface area contributed by atoms with Crippen LogP contribution in [-0.4, -0.2) is 37.2 Å². The van der Waals surface area contributed by atoms with Crippen LogP contribution in [0.5, 0.6) is 0 Å². The van der Waals surface area contributed by atoms with Gasteiger partial charge in [-0.1, -0.05) is 6.07 Å². The molecule has 174 valence electrons.